The standard InChI is InChI=1S/C24H26N2O/c1-24(2)13-5-7-21(24)16-26-23(27)18-11-9-17(10-12-18)20-14-19-6-3-4-8-22(19)25-15-20/h3-4,6,8-12,14-15,21H,5,7,13,16H2,1-2H3,(H,26,27). The van der Waals surface area contributed by atoms with Gasteiger partial charge in [0.15, 0.2) is 0 Å². The molecular formula is C24H26N2O. The number of nitrogens with zero attached hydrogens (tertiary/aromatic N) is 1. The molecule has 1 fully saturated rings. The SMILES string of the molecule is CC1(C)CCCC1CNC(=O)c1ccc(-c2cnc3ccccc3c2)cc1. The maximum Gasteiger partial charge on any atom is 0.251 e. The minimum absolute atomic E-state index is 0.0147. The second-order valence-corrected chi connectivity index (χ2v) is 8.28. The Labute approximate surface area is 160 Å². The third kappa shape index (κ3) is 3.73. The summed E-state index contributed by atoms with van der Waals surface area (Å²) in [5, 5.41) is 4.25. The van der Waals surface area contributed by atoms with E-state index in [1.165, 1.54) is 19.3 Å². The molecule has 1 amide bonds. The molecule has 1 saturated carbocycles. The number of hydrogen-bond acceptors (Lipinski definition) is 2. The molecule has 1 aliphatic rings. The topological polar surface area (TPSA) is 42.0 Å². The summed E-state index contributed by atoms with van der Waals surface area (Å²) in [6.07, 6.45) is 5.62. The molecule has 2 aromatic carbocycles. The van der Waals surface area contributed by atoms with Crippen LogP contribution in [0.2, 0.25) is 0 Å². The number of nitrogens with one attached hydrogen (secondary N) is 1. The molecule has 0 saturated heterocycles. The number of fused-ring (bicyclic) bond motifs is 1. The first-order valence-corrected chi connectivity index (χ1v) is 9.76. The van der Waals surface area contributed by atoms with Crippen LogP contribution in [0.3, 0.4) is 0 Å². The molecule has 3 heteroatoms. The number of rotatable bonds is 4. The Hall–Kier alpha value is -2.68. The van der Waals surface area contributed by atoms with Crippen molar-refractivity contribution < 1.29 is 4.79 Å². The summed E-state index contributed by atoms with van der Waals surface area (Å²) >= 11 is 0. The van der Waals surface area contributed by atoms with E-state index in [2.05, 4.69) is 36.3 Å². The summed E-state index contributed by atoms with van der Waals surface area (Å²) < 4.78 is 0. The molecule has 3 aromatic rings. The fourth-order valence-electron chi connectivity index (χ4n) is 4.14. The highest BCUT2D eigenvalue weighted by atomic mass is 16.1. The molecule has 0 radical (unpaired) electrons. The molecule has 1 aromatic heterocycles. The average molecular weight is 358 g/mol. The van der Waals surface area contributed by atoms with Gasteiger partial charge in [0, 0.05) is 29.3 Å². The molecule has 1 N–H and O–H groups in total. The molecule has 0 aliphatic heterocycles. The number of carbonyl (C=O) groups excluding carboxylic acids is 1. The summed E-state index contributed by atoms with van der Waals surface area (Å²) in [7, 11) is 0. The Morgan fingerprint density at radius 2 is 1.89 bits per heavy atom. The quantitative estimate of drug-likeness (QED) is 0.673. The lowest BCUT2D eigenvalue weighted by atomic mass is 9.82. The van der Waals surface area contributed by atoms with Gasteiger partial charge in [0.2, 0.25) is 0 Å². The molecule has 138 valence electrons. The Balaban J connectivity index is 1.45. The first-order chi connectivity index (χ1) is 13.0. The zero-order valence-corrected chi connectivity index (χ0v) is 16.0. The molecule has 27 heavy (non-hydrogen) atoms. The van der Waals surface area contributed by atoms with Gasteiger partial charge in [0.05, 0.1) is 5.52 Å². The predicted octanol–water partition coefficient (Wildman–Crippen LogP) is 5.46. The van der Waals surface area contributed by atoms with Gasteiger partial charge in [-0.2, -0.15) is 0 Å². The molecule has 1 unspecified atom stereocenters. The minimum atomic E-state index is 0.0147. The Morgan fingerprint density at radius 1 is 1.11 bits per heavy atom. The molecule has 1 atom stereocenters. The van der Waals surface area contributed by atoms with Crippen molar-refractivity contribution in [2.45, 2.75) is 33.1 Å². The van der Waals surface area contributed by atoms with Gasteiger partial charge in [-0.1, -0.05) is 50.6 Å². The lowest BCUT2D eigenvalue weighted by Crippen LogP contribution is -2.33. The zero-order valence-electron chi connectivity index (χ0n) is 16.0. The monoisotopic (exact) mass is 358 g/mol. The second-order valence-electron chi connectivity index (χ2n) is 8.28. The van der Waals surface area contributed by atoms with Crippen LogP contribution in [0.1, 0.15) is 43.5 Å². The van der Waals surface area contributed by atoms with Gasteiger partial charge in [-0.05, 0) is 54.0 Å². The number of pyridine rings is 1. The van der Waals surface area contributed by atoms with E-state index in [-0.39, 0.29) is 5.91 Å². The highest BCUT2D eigenvalue weighted by Gasteiger charge is 2.34. The Bertz CT molecular complexity index is 960. The number of hydrogen-bond donors (Lipinski definition) is 1. The fourth-order valence-corrected chi connectivity index (χ4v) is 4.14. The summed E-state index contributed by atoms with van der Waals surface area (Å²) in [5.41, 5.74) is 4.17. The second kappa shape index (κ2) is 7.15. The van der Waals surface area contributed by atoms with Crippen molar-refractivity contribution >= 4 is 16.8 Å². The third-order valence-electron chi connectivity index (χ3n) is 6.06. The lowest BCUT2D eigenvalue weighted by Gasteiger charge is -2.27. The van der Waals surface area contributed by atoms with E-state index in [1.54, 1.807) is 0 Å². The summed E-state index contributed by atoms with van der Waals surface area (Å²) in [6.45, 7) is 5.38. The number of amides is 1. The van der Waals surface area contributed by atoms with Crippen LogP contribution in [0, 0.1) is 11.3 Å². The fraction of sp³-hybridized carbons (Fsp3) is 0.333. The average Bonchev–Trinajstić information content (AvgIpc) is 3.04. The maximum atomic E-state index is 12.5. The van der Waals surface area contributed by atoms with Crippen LogP contribution >= 0.6 is 0 Å². The van der Waals surface area contributed by atoms with Gasteiger partial charge >= 0.3 is 0 Å². The van der Waals surface area contributed by atoms with Crippen LogP contribution < -0.4 is 5.32 Å². The Kier molecular flexibility index (Phi) is 4.69. The lowest BCUT2D eigenvalue weighted by molar-refractivity contribution is 0.0937. The van der Waals surface area contributed by atoms with E-state index >= 15 is 0 Å². The third-order valence-corrected chi connectivity index (χ3v) is 6.06. The summed E-state index contributed by atoms with van der Waals surface area (Å²) in [4.78, 5) is 17.0. The van der Waals surface area contributed by atoms with Crippen LogP contribution in [-0.2, 0) is 0 Å². The maximum absolute atomic E-state index is 12.5. The van der Waals surface area contributed by atoms with E-state index in [9.17, 15) is 4.79 Å². The normalized spacial score (nSPS) is 18.5. The van der Waals surface area contributed by atoms with Crippen molar-refractivity contribution in [3.8, 4) is 11.1 Å². The van der Waals surface area contributed by atoms with Crippen molar-refractivity contribution in [2.75, 3.05) is 6.54 Å². The zero-order chi connectivity index (χ0) is 18.9. The Morgan fingerprint density at radius 3 is 2.63 bits per heavy atom. The van der Waals surface area contributed by atoms with Crippen LogP contribution in [0.15, 0.2) is 60.8 Å². The van der Waals surface area contributed by atoms with Gasteiger partial charge in [0.1, 0.15) is 0 Å². The van der Waals surface area contributed by atoms with Crippen LogP contribution in [0.4, 0.5) is 0 Å². The molecule has 1 heterocycles. The van der Waals surface area contributed by atoms with E-state index in [1.807, 2.05) is 48.7 Å². The van der Waals surface area contributed by atoms with Gasteiger partial charge in [-0.15, -0.1) is 0 Å². The minimum Gasteiger partial charge on any atom is -0.352 e. The highest BCUT2D eigenvalue weighted by molar-refractivity contribution is 5.94. The van der Waals surface area contributed by atoms with E-state index in [0.717, 1.165) is 28.6 Å². The molecular weight excluding hydrogens is 332 g/mol. The largest absolute Gasteiger partial charge is 0.352 e. The molecule has 0 spiro atoms. The number of carbonyl (C=O) groups is 1. The van der Waals surface area contributed by atoms with Crippen LogP contribution in [-0.4, -0.2) is 17.4 Å². The van der Waals surface area contributed by atoms with Crippen LogP contribution in [0.5, 0.6) is 0 Å². The number of para-hydroxylation sites is 1. The van der Waals surface area contributed by atoms with E-state index in [0.29, 0.717) is 16.9 Å². The smallest absolute Gasteiger partial charge is 0.251 e. The molecule has 0 bridgehead atoms. The van der Waals surface area contributed by atoms with Crippen molar-refractivity contribution in [1.82, 2.24) is 10.3 Å². The first-order valence-electron chi connectivity index (χ1n) is 9.76. The summed E-state index contributed by atoms with van der Waals surface area (Å²) in [5.74, 6) is 0.588. The van der Waals surface area contributed by atoms with E-state index < -0.39 is 0 Å². The van der Waals surface area contributed by atoms with Gasteiger partial charge in [-0.25, -0.2) is 0 Å². The van der Waals surface area contributed by atoms with Gasteiger partial charge < -0.3 is 5.32 Å². The molecule has 3 nitrogen and oxygen atoms in total. The van der Waals surface area contributed by atoms with E-state index in [4.69, 9.17) is 0 Å². The number of benzene rings is 2. The van der Waals surface area contributed by atoms with Crippen molar-refractivity contribution in [3.63, 3.8) is 0 Å². The number of aromatic nitrogens is 1. The molecule has 1 aliphatic carbocycles. The summed E-state index contributed by atoms with van der Waals surface area (Å²) in [6, 6.07) is 18.0. The predicted molar refractivity (Wildman–Crippen MR) is 111 cm³/mol. The van der Waals surface area contributed by atoms with Crippen molar-refractivity contribution in [3.05, 3.63) is 66.4 Å². The molecule has 4 rings (SSSR count). The highest BCUT2D eigenvalue weighted by Crippen LogP contribution is 2.42. The van der Waals surface area contributed by atoms with Gasteiger partial charge in [-0.3, -0.25) is 9.78 Å². The first kappa shape index (κ1) is 17.7. The van der Waals surface area contributed by atoms with Gasteiger partial charge in [0.25, 0.3) is 5.91 Å². The van der Waals surface area contributed by atoms with Crippen molar-refractivity contribution in [1.29, 1.82) is 0 Å². The van der Waals surface area contributed by atoms with Crippen molar-refractivity contribution in [2.24, 2.45) is 11.3 Å². The van der Waals surface area contributed by atoms with Crippen LogP contribution in [0.25, 0.3) is 22.0 Å².